The second kappa shape index (κ2) is 7.48. The molecule has 0 spiro atoms. The van der Waals surface area contributed by atoms with Gasteiger partial charge in [0.25, 0.3) is 0 Å². The third-order valence-corrected chi connectivity index (χ3v) is 6.89. The molecule has 0 amide bonds. The number of fused-ring (bicyclic) bond motifs is 3. The fraction of sp³-hybridized carbons (Fsp3) is 0.200. The zero-order chi connectivity index (χ0) is 18.9. The molecular weight excluding hydrogens is 365 g/mol. The second-order valence-electron chi connectivity index (χ2n) is 7.55. The van der Waals surface area contributed by atoms with Gasteiger partial charge in [0.15, 0.2) is 0 Å². The number of hydrogen-bond acceptors (Lipinski definition) is 2. The molecule has 140 valence electrons. The number of thioether (sulfide) groups is 1. The molecule has 28 heavy (non-hydrogen) atoms. The van der Waals surface area contributed by atoms with Crippen molar-refractivity contribution in [2.75, 3.05) is 5.32 Å². The first-order valence-electron chi connectivity index (χ1n) is 9.77. The largest absolute Gasteiger partial charge is 0.378 e. The summed E-state index contributed by atoms with van der Waals surface area (Å²) in [5.41, 5.74) is 5.11. The summed E-state index contributed by atoms with van der Waals surface area (Å²) in [4.78, 5) is 1.30. The van der Waals surface area contributed by atoms with Gasteiger partial charge in [0.05, 0.1) is 6.04 Å². The van der Waals surface area contributed by atoms with Gasteiger partial charge >= 0.3 is 0 Å². The van der Waals surface area contributed by atoms with Crippen molar-refractivity contribution in [3.05, 3.63) is 107 Å². The lowest BCUT2D eigenvalue weighted by molar-refractivity contribution is 0.425. The Bertz CT molecular complexity index is 997. The van der Waals surface area contributed by atoms with Crippen LogP contribution in [0, 0.1) is 11.7 Å². The Labute approximate surface area is 169 Å². The van der Waals surface area contributed by atoms with Gasteiger partial charge in [-0.3, -0.25) is 0 Å². The highest BCUT2D eigenvalue weighted by Gasteiger charge is 2.37. The molecule has 0 unspecified atom stereocenters. The van der Waals surface area contributed by atoms with E-state index < -0.39 is 0 Å². The van der Waals surface area contributed by atoms with E-state index >= 15 is 0 Å². The molecule has 3 atom stereocenters. The lowest BCUT2D eigenvalue weighted by Gasteiger charge is -2.37. The maximum atomic E-state index is 13.4. The molecule has 0 saturated heterocycles. The first-order chi connectivity index (χ1) is 13.8. The second-order valence-corrected chi connectivity index (χ2v) is 8.60. The molecule has 3 aromatic rings. The number of anilines is 1. The predicted molar refractivity (Wildman–Crippen MR) is 115 cm³/mol. The highest BCUT2D eigenvalue weighted by Crippen LogP contribution is 2.50. The zero-order valence-corrected chi connectivity index (χ0v) is 16.3. The monoisotopic (exact) mass is 387 g/mol. The number of hydrogen-bond donors (Lipinski definition) is 1. The molecule has 0 bridgehead atoms. The van der Waals surface area contributed by atoms with E-state index in [-0.39, 0.29) is 11.9 Å². The lowest BCUT2D eigenvalue weighted by Crippen LogP contribution is -2.29. The molecule has 1 aliphatic heterocycles. The Morgan fingerprint density at radius 3 is 2.61 bits per heavy atom. The van der Waals surface area contributed by atoms with Crippen molar-refractivity contribution in [2.45, 2.75) is 29.0 Å². The summed E-state index contributed by atoms with van der Waals surface area (Å²) in [6.07, 6.45) is 5.71. The molecule has 0 radical (unpaired) electrons. The Morgan fingerprint density at radius 2 is 1.79 bits per heavy atom. The number of allylic oxidation sites excluding steroid dienone is 2. The van der Waals surface area contributed by atoms with Crippen LogP contribution in [0.15, 0.2) is 89.8 Å². The predicted octanol–water partition coefficient (Wildman–Crippen LogP) is 6.94. The maximum Gasteiger partial charge on any atom is 0.123 e. The zero-order valence-electron chi connectivity index (χ0n) is 15.5. The van der Waals surface area contributed by atoms with Gasteiger partial charge in [0.1, 0.15) is 5.82 Å². The normalized spacial score (nSPS) is 22.4. The van der Waals surface area contributed by atoms with Crippen LogP contribution in [0.1, 0.15) is 35.1 Å². The van der Waals surface area contributed by atoms with Crippen LogP contribution in [-0.2, 0) is 5.75 Å². The molecule has 0 saturated carbocycles. The minimum Gasteiger partial charge on any atom is -0.378 e. The van der Waals surface area contributed by atoms with Crippen molar-refractivity contribution >= 4 is 17.4 Å². The van der Waals surface area contributed by atoms with Gasteiger partial charge in [-0.2, -0.15) is 0 Å². The number of nitrogens with one attached hydrogen (secondary N) is 1. The third-order valence-electron chi connectivity index (χ3n) is 5.81. The molecule has 5 rings (SSSR count). The van der Waals surface area contributed by atoms with Crippen molar-refractivity contribution in [2.24, 2.45) is 5.92 Å². The molecule has 1 aliphatic carbocycles. The average Bonchev–Trinajstić information content (AvgIpc) is 3.23. The molecule has 1 N–H and O–H groups in total. The van der Waals surface area contributed by atoms with Crippen molar-refractivity contribution in [3.63, 3.8) is 0 Å². The molecular formula is C25H22FNS. The van der Waals surface area contributed by atoms with Gasteiger partial charge in [0, 0.05) is 22.3 Å². The van der Waals surface area contributed by atoms with Crippen LogP contribution in [0.4, 0.5) is 10.1 Å². The van der Waals surface area contributed by atoms with Crippen LogP contribution in [0.2, 0.25) is 0 Å². The molecule has 0 aromatic heterocycles. The average molecular weight is 388 g/mol. The number of halogens is 1. The van der Waals surface area contributed by atoms with Crippen LogP contribution < -0.4 is 5.32 Å². The van der Waals surface area contributed by atoms with Gasteiger partial charge in [0.2, 0.25) is 0 Å². The van der Waals surface area contributed by atoms with Gasteiger partial charge < -0.3 is 5.32 Å². The van der Waals surface area contributed by atoms with E-state index in [1.807, 2.05) is 23.9 Å². The van der Waals surface area contributed by atoms with E-state index in [2.05, 4.69) is 66.0 Å². The summed E-state index contributed by atoms with van der Waals surface area (Å²) in [7, 11) is 0. The van der Waals surface area contributed by atoms with E-state index in [1.54, 1.807) is 12.1 Å². The van der Waals surface area contributed by atoms with Crippen LogP contribution >= 0.6 is 11.8 Å². The van der Waals surface area contributed by atoms with Crippen LogP contribution in [0.25, 0.3) is 0 Å². The fourth-order valence-electron chi connectivity index (χ4n) is 4.42. The standard InChI is InChI=1S/C25H22FNS/c26-19-12-10-18(11-13-19)25-22-8-4-7-21(22)23-15-17(9-14-24(23)27-25)16-28-20-5-2-1-3-6-20/h1-7,9-15,21-22,25,27H,8,16H2/t21-,22-,25-/m0/s1. The first kappa shape index (κ1) is 17.6. The summed E-state index contributed by atoms with van der Waals surface area (Å²) in [6, 6.07) is 24.5. The van der Waals surface area contributed by atoms with Crippen molar-refractivity contribution in [1.29, 1.82) is 0 Å². The number of benzene rings is 3. The van der Waals surface area contributed by atoms with Gasteiger partial charge in [-0.15, -0.1) is 11.8 Å². The topological polar surface area (TPSA) is 12.0 Å². The summed E-state index contributed by atoms with van der Waals surface area (Å²) >= 11 is 1.87. The molecule has 3 heteroatoms. The van der Waals surface area contributed by atoms with Gasteiger partial charge in [-0.1, -0.05) is 54.6 Å². The summed E-state index contributed by atoms with van der Waals surface area (Å²) < 4.78 is 13.4. The summed E-state index contributed by atoms with van der Waals surface area (Å²) in [6.45, 7) is 0. The summed E-state index contributed by atoms with van der Waals surface area (Å²) in [5.74, 6) is 1.70. The van der Waals surface area contributed by atoms with Gasteiger partial charge in [-0.05, 0) is 59.4 Å². The Balaban J connectivity index is 1.41. The Hall–Kier alpha value is -2.52. The third kappa shape index (κ3) is 3.35. The number of rotatable bonds is 4. The maximum absolute atomic E-state index is 13.4. The van der Waals surface area contributed by atoms with E-state index in [1.165, 1.54) is 21.7 Å². The highest BCUT2D eigenvalue weighted by molar-refractivity contribution is 7.98. The van der Waals surface area contributed by atoms with E-state index in [0.717, 1.165) is 17.7 Å². The molecule has 2 aliphatic rings. The summed E-state index contributed by atoms with van der Waals surface area (Å²) in [5, 5.41) is 3.74. The van der Waals surface area contributed by atoms with E-state index in [0.29, 0.717) is 11.8 Å². The van der Waals surface area contributed by atoms with Gasteiger partial charge in [-0.25, -0.2) is 4.39 Å². The minimum atomic E-state index is -0.179. The van der Waals surface area contributed by atoms with E-state index in [4.69, 9.17) is 0 Å². The molecule has 1 nitrogen and oxygen atoms in total. The molecule has 1 heterocycles. The SMILES string of the molecule is Fc1ccc([C@@H]2Nc3ccc(CSc4ccccc4)cc3[C@H]3C=CC[C@@H]32)cc1. The lowest BCUT2D eigenvalue weighted by atomic mass is 9.76. The van der Waals surface area contributed by atoms with E-state index in [9.17, 15) is 4.39 Å². The first-order valence-corrected chi connectivity index (χ1v) is 10.8. The smallest absolute Gasteiger partial charge is 0.123 e. The van der Waals surface area contributed by atoms with Crippen molar-refractivity contribution < 1.29 is 4.39 Å². The Kier molecular flexibility index (Phi) is 4.69. The minimum absolute atomic E-state index is 0.179. The Morgan fingerprint density at radius 1 is 0.964 bits per heavy atom. The fourth-order valence-corrected chi connectivity index (χ4v) is 5.28. The quantitative estimate of drug-likeness (QED) is 0.384. The van der Waals surface area contributed by atoms with Crippen LogP contribution in [0.5, 0.6) is 0 Å². The van der Waals surface area contributed by atoms with Crippen molar-refractivity contribution in [3.8, 4) is 0 Å². The van der Waals surface area contributed by atoms with Crippen molar-refractivity contribution in [1.82, 2.24) is 0 Å². The highest BCUT2D eigenvalue weighted by atomic mass is 32.2. The van der Waals surface area contributed by atoms with Crippen LogP contribution in [0.3, 0.4) is 0 Å². The van der Waals surface area contributed by atoms with Crippen LogP contribution in [-0.4, -0.2) is 0 Å². The molecule has 3 aromatic carbocycles. The molecule has 0 fully saturated rings.